The predicted octanol–water partition coefficient (Wildman–Crippen LogP) is 5.00. The van der Waals surface area contributed by atoms with Crippen LogP contribution in [0.5, 0.6) is 5.75 Å². The molecule has 1 unspecified atom stereocenters. The van der Waals surface area contributed by atoms with E-state index >= 15 is 0 Å². The molecule has 0 N–H and O–H groups in total. The Morgan fingerprint density at radius 3 is 2.51 bits per heavy atom. The topological polar surface area (TPSA) is 79.3 Å². The van der Waals surface area contributed by atoms with Crippen molar-refractivity contribution < 1.29 is 17.9 Å². The molecule has 3 aliphatic heterocycles. The molecule has 6 rings (SSSR count). The summed E-state index contributed by atoms with van der Waals surface area (Å²) in [4.78, 5) is 19.9. The number of nitrogens with zero attached hydrogens (tertiary/aromatic N) is 3. The summed E-state index contributed by atoms with van der Waals surface area (Å²) in [7, 11) is -2.32. The van der Waals surface area contributed by atoms with E-state index < -0.39 is 10.0 Å². The lowest BCUT2D eigenvalue weighted by Gasteiger charge is -2.34. The molecule has 188 valence electrons. The van der Waals surface area contributed by atoms with Crippen molar-refractivity contribution in [3.05, 3.63) is 95.1 Å². The molecule has 7 nitrogen and oxygen atoms in total. The van der Waals surface area contributed by atoms with Crippen molar-refractivity contribution in [2.75, 3.05) is 23.7 Å². The van der Waals surface area contributed by atoms with Crippen LogP contribution in [0, 0.1) is 6.92 Å². The highest BCUT2D eigenvalue weighted by molar-refractivity contribution is 8.15. The summed E-state index contributed by atoms with van der Waals surface area (Å²) in [5.74, 6) is 0.904. The lowest BCUT2D eigenvalue weighted by atomic mass is 9.90. The first-order valence-corrected chi connectivity index (χ1v) is 14.4. The first-order valence-electron chi connectivity index (χ1n) is 12.0. The Hall–Kier alpha value is -3.56. The third-order valence-corrected chi connectivity index (χ3v) is 9.70. The summed E-state index contributed by atoms with van der Waals surface area (Å²) >= 11 is 1.42. The van der Waals surface area contributed by atoms with E-state index in [1.807, 2.05) is 49.4 Å². The van der Waals surface area contributed by atoms with Crippen LogP contribution in [0.15, 0.2) is 88.3 Å². The Labute approximate surface area is 220 Å². The maximum Gasteiger partial charge on any atom is 0.264 e. The number of hydrogen-bond acceptors (Lipinski definition) is 6. The molecule has 0 bridgehead atoms. The molecule has 0 radical (unpaired) electrons. The van der Waals surface area contributed by atoms with Gasteiger partial charge >= 0.3 is 0 Å². The number of methoxy groups -OCH3 is 1. The standard InChI is InChI=1S/C28H25N3O4S2/c1-18-8-11-21(12-9-18)37(33,34)30-15-14-23-26(22-13-10-20(35-2)16-24(22)30)29-28-31(25(32)17-36-28)27(23)19-6-4-3-5-7-19/h3-13,16,27H,14-15,17H2,1-2H3. The second-order valence-corrected chi connectivity index (χ2v) is 12.0. The molecule has 3 aliphatic rings. The third-order valence-electron chi connectivity index (χ3n) is 6.94. The maximum atomic E-state index is 14.0. The zero-order valence-electron chi connectivity index (χ0n) is 20.4. The second kappa shape index (κ2) is 9.08. The van der Waals surface area contributed by atoms with Crippen molar-refractivity contribution in [1.29, 1.82) is 0 Å². The third kappa shape index (κ3) is 3.93. The number of aryl methyl sites for hydroxylation is 1. The molecule has 0 spiro atoms. The van der Waals surface area contributed by atoms with Crippen LogP contribution in [0.2, 0.25) is 0 Å². The van der Waals surface area contributed by atoms with E-state index in [0.717, 1.165) is 22.4 Å². The van der Waals surface area contributed by atoms with Gasteiger partial charge in [-0.25, -0.2) is 13.4 Å². The largest absolute Gasteiger partial charge is 0.497 e. The SMILES string of the molecule is COc1ccc2c(c1)N(S(=O)(=O)c1ccc(C)cc1)CCC1=C2N=C2SCC(=O)N2C1c1ccccc1. The summed E-state index contributed by atoms with van der Waals surface area (Å²) in [5, 5.41) is 0.647. The Bertz CT molecular complexity index is 1560. The van der Waals surface area contributed by atoms with Crippen molar-refractivity contribution in [3.8, 4) is 5.75 Å². The Kier molecular flexibility index (Phi) is 5.84. The maximum absolute atomic E-state index is 14.0. The molecule has 1 atom stereocenters. The van der Waals surface area contributed by atoms with Gasteiger partial charge in [-0.05, 0) is 48.7 Å². The molecule has 3 aromatic carbocycles. The summed E-state index contributed by atoms with van der Waals surface area (Å²) in [5.41, 5.74) is 4.84. The molecular formula is C28H25N3O4S2. The number of ether oxygens (including phenoxy) is 1. The van der Waals surface area contributed by atoms with Crippen molar-refractivity contribution >= 4 is 44.2 Å². The van der Waals surface area contributed by atoms with Crippen LogP contribution in [0.25, 0.3) is 5.70 Å². The quantitative estimate of drug-likeness (QED) is 0.474. The van der Waals surface area contributed by atoms with Crippen LogP contribution in [0.4, 0.5) is 5.69 Å². The van der Waals surface area contributed by atoms with Gasteiger partial charge in [0.25, 0.3) is 10.0 Å². The average Bonchev–Trinajstić information content (AvgIpc) is 3.19. The number of carbonyl (C=O) groups excluding carboxylic acids is 1. The predicted molar refractivity (Wildman–Crippen MR) is 146 cm³/mol. The number of fused-ring (bicyclic) bond motifs is 3. The molecule has 3 aromatic rings. The second-order valence-electron chi connectivity index (χ2n) is 9.16. The summed E-state index contributed by atoms with van der Waals surface area (Å²) < 4.78 is 34.9. The molecule has 0 aromatic heterocycles. The number of hydrogen-bond donors (Lipinski definition) is 0. The monoisotopic (exact) mass is 531 g/mol. The molecule has 0 aliphatic carbocycles. The molecule has 0 saturated carbocycles. The van der Waals surface area contributed by atoms with Crippen molar-refractivity contribution in [2.45, 2.75) is 24.3 Å². The highest BCUT2D eigenvalue weighted by Crippen LogP contribution is 2.49. The fourth-order valence-electron chi connectivity index (χ4n) is 5.11. The normalized spacial score (nSPS) is 19.1. The summed E-state index contributed by atoms with van der Waals surface area (Å²) in [6.07, 6.45) is 0.419. The van der Waals surface area contributed by atoms with E-state index in [9.17, 15) is 13.2 Å². The first-order chi connectivity index (χ1) is 17.9. The van der Waals surface area contributed by atoms with Gasteiger partial charge in [0, 0.05) is 18.2 Å². The number of carbonyl (C=O) groups is 1. The minimum absolute atomic E-state index is 0.00693. The lowest BCUT2D eigenvalue weighted by molar-refractivity contribution is -0.125. The van der Waals surface area contributed by atoms with E-state index in [-0.39, 0.29) is 23.4 Å². The van der Waals surface area contributed by atoms with Crippen molar-refractivity contribution in [1.82, 2.24) is 4.90 Å². The Balaban J connectivity index is 1.56. The minimum Gasteiger partial charge on any atom is -0.497 e. The number of benzene rings is 3. The fourth-order valence-corrected chi connectivity index (χ4v) is 7.48. The number of rotatable bonds is 4. The molecule has 1 amide bonds. The van der Waals surface area contributed by atoms with Gasteiger partial charge in [-0.15, -0.1) is 0 Å². The van der Waals surface area contributed by atoms with E-state index in [0.29, 0.717) is 34.3 Å². The van der Waals surface area contributed by atoms with Gasteiger partial charge in [0.1, 0.15) is 5.75 Å². The first kappa shape index (κ1) is 23.8. The van der Waals surface area contributed by atoms with Crippen LogP contribution in [0.1, 0.15) is 29.2 Å². The zero-order valence-corrected chi connectivity index (χ0v) is 22.1. The fraction of sp³-hybridized carbons (Fsp3) is 0.214. The van der Waals surface area contributed by atoms with Gasteiger partial charge in [0.2, 0.25) is 5.91 Å². The van der Waals surface area contributed by atoms with E-state index in [4.69, 9.17) is 9.73 Å². The van der Waals surface area contributed by atoms with Crippen molar-refractivity contribution in [3.63, 3.8) is 0 Å². The zero-order chi connectivity index (χ0) is 25.7. The molecule has 1 fully saturated rings. The van der Waals surface area contributed by atoms with Gasteiger partial charge in [-0.1, -0.05) is 59.8 Å². The van der Waals surface area contributed by atoms with Crippen LogP contribution in [0.3, 0.4) is 0 Å². The highest BCUT2D eigenvalue weighted by Gasteiger charge is 2.43. The number of amides is 1. The van der Waals surface area contributed by atoms with Gasteiger partial charge in [0.15, 0.2) is 5.17 Å². The molecular weight excluding hydrogens is 506 g/mol. The van der Waals surface area contributed by atoms with Gasteiger partial charge in [0.05, 0.1) is 35.2 Å². The molecule has 37 heavy (non-hydrogen) atoms. The molecule has 9 heteroatoms. The smallest absolute Gasteiger partial charge is 0.264 e. The minimum atomic E-state index is -3.88. The van der Waals surface area contributed by atoms with Gasteiger partial charge in [-0.2, -0.15) is 0 Å². The molecule has 3 heterocycles. The van der Waals surface area contributed by atoms with E-state index in [1.54, 1.807) is 42.3 Å². The van der Waals surface area contributed by atoms with E-state index in [2.05, 4.69) is 0 Å². The number of thioether (sulfide) groups is 1. The Morgan fingerprint density at radius 2 is 1.78 bits per heavy atom. The Morgan fingerprint density at radius 1 is 1.03 bits per heavy atom. The van der Waals surface area contributed by atoms with E-state index in [1.165, 1.54) is 16.1 Å². The van der Waals surface area contributed by atoms with Crippen LogP contribution in [-0.4, -0.2) is 43.8 Å². The van der Waals surface area contributed by atoms with Crippen LogP contribution < -0.4 is 9.04 Å². The van der Waals surface area contributed by atoms with Crippen molar-refractivity contribution in [2.24, 2.45) is 4.99 Å². The van der Waals surface area contributed by atoms with Gasteiger partial charge in [-0.3, -0.25) is 14.0 Å². The summed E-state index contributed by atoms with van der Waals surface area (Å²) in [6.45, 7) is 2.13. The molecule has 1 saturated heterocycles. The average molecular weight is 532 g/mol. The van der Waals surface area contributed by atoms with Crippen LogP contribution >= 0.6 is 11.8 Å². The van der Waals surface area contributed by atoms with Gasteiger partial charge < -0.3 is 4.74 Å². The number of sulfonamides is 1. The van der Waals surface area contributed by atoms with Crippen LogP contribution in [-0.2, 0) is 14.8 Å². The number of anilines is 1. The summed E-state index contributed by atoms with van der Waals surface area (Å²) in [6, 6.07) is 21.9. The number of amidine groups is 1. The number of aliphatic imine (C=N–C) groups is 1. The highest BCUT2D eigenvalue weighted by atomic mass is 32.2. The lowest BCUT2D eigenvalue weighted by Crippen LogP contribution is -2.38.